The van der Waals surface area contributed by atoms with E-state index in [1.165, 1.54) is 19.3 Å². The molecule has 0 radical (unpaired) electrons. The Bertz CT molecular complexity index is 591. The van der Waals surface area contributed by atoms with Gasteiger partial charge in [-0.2, -0.15) is 0 Å². The zero-order valence-electron chi connectivity index (χ0n) is 16.3. The normalized spacial score (nSPS) is 25.3. The van der Waals surface area contributed by atoms with Crippen LogP contribution in [0.2, 0.25) is 0 Å². The molecule has 0 spiro atoms. The Hall–Kier alpha value is -1.66. The smallest absolute Gasteiger partial charge is 0.254 e. The van der Waals surface area contributed by atoms with Crippen LogP contribution in [0.15, 0.2) is 18.3 Å². The number of hydrogen-bond donors (Lipinski definition) is 1. The first kappa shape index (κ1) is 19.1. The lowest BCUT2D eigenvalue weighted by atomic mass is 9.93. The van der Waals surface area contributed by atoms with Gasteiger partial charge in [-0.05, 0) is 57.7 Å². The van der Waals surface area contributed by atoms with Crippen LogP contribution in [0, 0.1) is 5.92 Å². The second kappa shape index (κ2) is 8.82. The van der Waals surface area contributed by atoms with Crippen molar-refractivity contribution >= 4 is 11.7 Å². The highest BCUT2D eigenvalue weighted by molar-refractivity contribution is 5.98. The number of pyridine rings is 1. The summed E-state index contributed by atoms with van der Waals surface area (Å²) in [5.74, 6) is 1.51. The average molecular weight is 361 g/mol. The second-order valence-corrected chi connectivity index (χ2v) is 7.69. The molecule has 2 unspecified atom stereocenters. The maximum atomic E-state index is 12.1. The van der Waals surface area contributed by atoms with Crippen molar-refractivity contribution in [2.24, 2.45) is 5.92 Å². The van der Waals surface area contributed by atoms with Gasteiger partial charge >= 0.3 is 0 Å². The Kier molecular flexibility index (Phi) is 6.48. The molecule has 0 aliphatic carbocycles. The third kappa shape index (κ3) is 4.74. The molecule has 0 bridgehead atoms. The number of nitrogens with zero attached hydrogens (tertiary/aromatic N) is 3. The van der Waals surface area contributed by atoms with E-state index in [9.17, 15) is 4.79 Å². The van der Waals surface area contributed by atoms with E-state index in [0.29, 0.717) is 17.8 Å². The first-order valence-electron chi connectivity index (χ1n) is 9.86. The number of morpholine rings is 1. The summed E-state index contributed by atoms with van der Waals surface area (Å²) >= 11 is 0. The SMILES string of the molecule is CNC(=O)c1cccnc1N1CCC(CCN2CC(C)OC(C)C2)CC1. The van der Waals surface area contributed by atoms with E-state index in [1.807, 2.05) is 12.1 Å². The van der Waals surface area contributed by atoms with E-state index in [-0.39, 0.29) is 5.91 Å². The van der Waals surface area contributed by atoms with Crippen LogP contribution in [-0.4, -0.2) is 67.8 Å². The van der Waals surface area contributed by atoms with Crippen molar-refractivity contribution < 1.29 is 9.53 Å². The molecule has 1 amide bonds. The number of piperidine rings is 1. The molecular weight excluding hydrogens is 328 g/mol. The molecule has 1 aromatic heterocycles. The van der Waals surface area contributed by atoms with Gasteiger partial charge in [-0.3, -0.25) is 9.69 Å². The number of anilines is 1. The predicted molar refractivity (Wildman–Crippen MR) is 104 cm³/mol. The summed E-state index contributed by atoms with van der Waals surface area (Å²) in [5.41, 5.74) is 0.671. The monoisotopic (exact) mass is 360 g/mol. The minimum Gasteiger partial charge on any atom is -0.373 e. The van der Waals surface area contributed by atoms with Gasteiger partial charge in [0.1, 0.15) is 5.82 Å². The molecule has 1 aromatic rings. The van der Waals surface area contributed by atoms with Crippen molar-refractivity contribution in [2.75, 3.05) is 44.7 Å². The molecule has 3 rings (SSSR count). The zero-order valence-corrected chi connectivity index (χ0v) is 16.3. The Labute approximate surface area is 156 Å². The first-order valence-corrected chi connectivity index (χ1v) is 9.86. The summed E-state index contributed by atoms with van der Waals surface area (Å²) in [4.78, 5) is 21.4. The summed E-state index contributed by atoms with van der Waals surface area (Å²) in [6.07, 6.45) is 6.03. The number of aromatic nitrogens is 1. The summed E-state index contributed by atoms with van der Waals surface area (Å²) < 4.78 is 5.82. The standard InChI is InChI=1S/C20H32N4O2/c1-15-13-23(14-16(2)26-15)10-6-17-7-11-24(12-8-17)19-18(20(25)21-3)5-4-9-22-19/h4-5,9,15-17H,6-8,10-14H2,1-3H3,(H,21,25). The summed E-state index contributed by atoms with van der Waals surface area (Å²) in [5, 5.41) is 2.71. The van der Waals surface area contributed by atoms with E-state index in [2.05, 4.69) is 33.9 Å². The van der Waals surface area contributed by atoms with E-state index < -0.39 is 0 Å². The number of hydrogen-bond acceptors (Lipinski definition) is 5. The Balaban J connectivity index is 1.50. The maximum Gasteiger partial charge on any atom is 0.254 e. The topological polar surface area (TPSA) is 57.7 Å². The van der Waals surface area contributed by atoms with Gasteiger partial charge in [-0.1, -0.05) is 0 Å². The molecule has 0 saturated carbocycles. The molecule has 26 heavy (non-hydrogen) atoms. The molecule has 2 aliphatic rings. The fourth-order valence-electron chi connectivity index (χ4n) is 4.23. The molecule has 6 nitrogen and oxygen atoms in total. The van der Waals surface area contributed by atoms with Crippen LogP contribution < -0.4 is 10.2 Å². The van der Waals surface area contributed by atoms with Crippen LogP contribution in [0.1, 0.15) is 43.5 Å². The van der Waals surface area contributed by atoms with E-state index >= 15 is 0 Å². The van der Waals surface area contributed by atoms with Gasteiger partial charge in [0.05, 0.1) is 17.8 Å². The number of rotatable bonds is 5. The van der Waals surface area contributed by atoms with Crippen molar-refractivity contribution in [1.82, 2.24) is 15.2 Å². The van der Waals surface area contributed by atoms with Crippen molar-refractivity contribution in [3.63, 3.8) is 0 Å². The minimum atomic E-state index is -0.0641. The summed E-state index contributed by atoms with van der Waals surface area (Å²) in [6, 6.07) is 3.68. The van der Waals surface area contributed by atoms with Crippen LogP contribution in [0.25, 0.3) is 0 Å². The fourth-order valence-corrected chi connectivity index (χ4v) is 4.23. The highest BCUT2D eigenvalue weighted by Crippen LogP contribution is 2.26. The zero-order chi connectivity index (χ0) is 18.5. The number of carbonyl (C=O) groups excluding carboxylic acids is 1. The molecule has 3 heterocycles. The lowest BCUT2D eigenvalue weighted by Crippen LogP contribution is -2.46. The number of amides is 1. The Morgan fingerprint density at radius 2 is 1.96 bits per heavy atom. The van der Waals surface area contributed by atoms with Crippen LogP contribution >= 0.6 is 0 Å². The van der Waals surface area contributed by atoms with Gasteiger partial charge in [0.2, 0.25) is 0 Å². The Morgan fingerprint density at radius 3 is 2.62 bits per heavy atom. The van der Waals surface area contributed by atoms with Gasteiger partial charge in [0, 0.05) is 39.4 Å². The predicted octanol–water partition coefficient (Wildman–Crippen LogP) is 2.16. The van der Waals surface area contributed by atoms with Crippen LogP contribution in [0.5, 0.6) is 0 Å². The number of nitrogens with one attached hydrogen (secondary N) is 1. The molecule has 2 fully saturated rings. The molecule has 2 saturated heterocycles. The molecule has 6 heteroatoms. The number of ether oxygens (including phenoxy) is 1. The maximum absolute atomic E-state index is 12.1. The van der Waals surface area contributed by atoms with Crippen molar-refractivity contribution in [3.8, 4) is 0 Å². The first-order chi connectivity index (χ1) is 12.6. The van der Waals surface area contributed by atoms with Gasteiger partial charge in [-0.25, -0.2) is 4.98 Å². The van der Waals surface area contributed by atoms with Crippen molar-refractivity contribution in [3.05, 3.63) is 23.9 Å². The highest BCUT2D eigenvalue weighted by Gasteiger charge is 2.26. The van der Waals surface area contributed by atoms with E-state index in [4.69, 9.17) is 4.74 Å². The lowest BCUT2D eigenvalue weighted by molar-refractivity contribution is -0.0690. The molecule has 0 aromatic carbocycles. The third-order valence-electron chi connectivity index (χ3n) is 5.52. The second-order valence-electron chi connectivity index (χ2n) is 7.69. The van der Waals surface area contributed by atoms with E-state index in [1.54, 1.807) is 13.2 Å². The van der Waals surface area contributed by atoms with Gasteiger partial charge in [-0.15, -0.1) is 0 Å². The van der Waals surface area contributed by atoms with Gasteiger partial charge in [0.15, 0.2) is 0 Å². The largest absolute Gasteiger partial charge is 0.373 e. The molecular formula is C20H32N4O2. The molecule has 2 atom stereocenters. The minimum absolute atomic E-state index is 0.0641. The summed E-state index contributed by atoms with van der Waals surface area (Å²) in [6.45, 7) is 9.54. The highest BCUT2D eigenvalue weighted by atomic mass is 16.5. The third-order valence-corrected chi connectivity index (χ3v) is 5.52. The van der Waals surface area contributed by atoms with Crippen LogP contribution in [0.4, 0.5) is 5.82 Å². The summed E-state index contributed by atoms with van der Waals surface area (Å²) in [7, 11) is 1.67. The molecule has 2 aliphatic heterocycles. The van der Waals surface area contributed by atoms with Crippen molar-refractivity contribution in [2.45, 2.75) is 45.3 Å². The fraction of sp³-hybridized carbons (Fsp3) is 0.700. The van der Waals surface area contributed by atoms with Crippen LogP contribution in [-0.2, 0) is 4.74 Å². The molecule has 144 valence electrons. The van der Waals surface area contributed by atoms with Crippen LogP contribution in [0.3, 0.4) is 0 Å². The molecule has 1 N–H and O–H groups in total. The average Bonchev–Trinajstić information content (AvgIpc) is 2.65. The Morgan fingerprint density at radius 1 is 1.27 bits per heavy atom. The van der Waals surface area contributed by atoms with Gasteiger partial charge in [0.25, 0.3) is 5.91 Å². The lowest BCUT2D eigenvalue weighted by Gasteiger charge is -2.37. The number of carbonyl (C=O) groups is 1. The van der Waals surface area contributed by atoms with E-state index in [0.717, 1.165) is 44.5 Å². The van der Waals surface area contributed by atoms with Gasteiger partial charge < -0.3 is 15.0 Å². The van der Waals surface area contributed by atoms with Crippen molar-refractivity contribution in [1.29, 1.82) is 0 Å². The quantitative estimate of drug-likeness (QED) is 0.872.